The van der Waals surface area contributed by atoms with Crippen LogP contribution in [0.25, 0.3) is 0 Å². The van der Waals surface area contributed by atoms with Gasteiger partial charge >= 0.3 is 0 Å². The summed E-state index contributed by atoms with van der Waals surface area (Å²) in [6.45, 7) is 9.26. The first-order valence-electron chi connectivity index (χ1n) is 11.7. The van der Waals surface area contributed by atoms with Gasteiger partial charge in [-0.25, -0.2) is 0 Å². The Morgan fingerprint density at radius 3 is 1.89 bits per heavy atom. The average molecular weight is 377 g/mol. The highest BCUT2D eigenvalue weighted by atomic mass is 14.3. The summed E-state index contributed by atoms with van der Waals surface area (Å²) in [5, 5.41) is 0. The first kappa shape index (κ1) is 21.2. The molecule has 0 heterocycles. The van der Waals surface area contributed by atoms with E-state index in [1.165, 1.54) is 61.6 Å². The molecule has 0 heteroatoms. The molecule has 0 unspecified atom stereocenters. The Labute approximate surface area is 173 Å². The van der Waals surface area contributed by atoms with Gasteiger partial charge in [0.1, 0.15) is 0 Å². The van der Waals surface area contributed by atoms with Gasteiger partial charge in [-0.1, -0.05) is 89.1 Å². The summed E-state index contributed by atoms with van der Waals surface area (Å²) < 4.78 is 0. The second-order valence-corrected chi connectivity index (χ2v) is 9.69. The Kier molecular flexibility index (Phi) is 7.77. The van der Waals surface area contributed by atoms with Crippen molar-refractivity contribution in [2.45, 2.75) is 90.9 Å². The zero-order valence-corrected chi connectivity index (χ0v) is 18.6. The summed E-state index contributed by atoms with van der Waals surface area (Å²) in [5.41, 5.74) is 5.97. The van der Waals surface area contributed by atoms with Gasteiger partial charge in [0.25, 0.3) is 0 Å². The minimum atomic E-state index is 0.573. The molecule has 2 aromatic rings. The Morgan fingerprint density at radius 1 is 0.750 bits per heavy atom. The first-order chi connectivity index (χ1) is 13.5. The molecule has 0 aliphatic heterocycles. The third-order valence-corrected chi connectivity index (χ3v) is 6.73. The molecular formula is C28H40. The van der Waals surface area contributed by atoms with Crippen LogP contribution >= 0.6 is 0 Å². The van der Waals surface area contributed by atoms with Crippen LogP contribution in [0.3, 0.4) is 0 Å². The molecule has 1 aliphatic rings. The predicted octanol–water partition coefficient (Wildman–Crippen LogP) is 8.31. The molecule has 0 aromatic heterocycles. The second kappa shape index (κ2) is 10.3. The predicted molar refractivity (Wildman–Crippen MR) is 123 cm³/mol. The Morgan fingerprint density at radius 2 is 1.32 bits per heavy atom. The van der Waals surface area contributed by atoms with E-state index in [2.05, 4.69) is 76.2 Å². The maximum atomic E-state index is 2.42. The van der Waals surface area contributed by atoms with Gasteiger partial charge in [0.2, 0.25) is 0 Å². The average Bonchev–Trinajstić information content (AvgIpc) is 2.69. The lowest BCUT2D eigenvalue weighted by Gasteiger charge is -2.28. The Bertz CT molecular complexity index is 684. The fraction of sp³-hybridized carbons (Fsp3) is 0.571. The molecule has 1 saturated carbocycles. The van der Waals surface area contributed by atoms with Gasteiger partial charge in [0.15, 0.2) is 0 Å². The molecule has 0 nitrogen and oxygen atoms in total. The minimum absolute atomic E-state index is 0.573. The van der Waals surface area contributed by atoms with E-state index < -0.39 is 0 Å². The summed E-state index contributed by atoms with van der Waals surface area (Å²) >= 11 is 0. The molecule has 0 bridgehead atoms. The fourth-order valence-electron chi connectivity index (χ4n) is 5.04. The third kappa shape index (κ3) is 5.97. The van der Waals surface area contributed by atoms with Crippen molar-refractivity contribution >= 4 is 0 Å². The molecule has 0 saturated heterocycles. The molecule has 3 rings (SSSR count). The SMILES string of the molecule is CCCC1CCC(c2ccc(C[C@@H](C)c3ccc(CC(C)C)cc3)cc2)CC1. The maximum Gasteiger partial charge on any atom is -0.0150 e. The van der Waals surface area contributed by atoms with Crippen LogP contribution in [0.2, 0.25) is 0 Å². The normalized spacial score (nSPS) is 21.0. The molecule has 0 N–H and O–H groups in total. The van der Waals surface area contributed by atoms with E-state index in [0.29, 0.717) is 5.92 Å². The number of benzene rings is 2. The van der Waals surface area contributed by atoms with Gasteiger partial charge in [-0.05, 0) is 84.5 Å². The van der Waals surface area contributed by atoms with Gasteiger partial charge in [-0.15, -0.1) is 0 Å². The molecule has 1 atom stereocenters. The van der Waals surface area contributed by atoms with E-state index in [1.54, 1.807) is 5.56 Å². The van der Waals surface area contributed by atoms with E-state index >= 15 is 0 Å². The van der Waals surface area contributed by atoms with Crippen molar-refractivity contribution in [1.29, 1.82) is 0 Å². The summed E-state index contributed by atoms with van der Waals surface area (Å²) in [7, 11) is 0. The van der Waals surface area contributed by atoms with Crippen molar-refractivity contribution in [2.75, 3.05) is 0 Å². The lowest BCUT2D eigenvalue weighted by atomic mass is 9.77. The van der Waals surface area contributed by atoms with Crippen molar-refractivity contribution in [3.05, 3.63) is 70.8 Å². The lowest BCUT2D eigenvalue weighted by Crippen LogP contribution is -2.13. The summed E-state index contributed by atoms with van der Waals surface area (Å²) in [5.74, 6) is 3.09. The van der Waals surface area contributed by atoms with Crippen molar-refractivity contribution < 1.29 is 0 Å². The molecule has 0 spiro atoms. The van der Waals surface area contributed by atoms with E-state index in [1.807, 2.05) is 0 Å². The molecule has 152 valence electrons. The van der Waals surface area contributed by atoms with Crippen LogP contribution in [0.1, 0.15) is 100 Å². The summed E-state index contributed by atoms with van der Waals surface area (Å²) in [6, 6.07) is 18.9. The van der Waals surface area contributed by atoms with Gasteiger partial charge in [0, 0.05) is 0 Å². The van der Waals surface area contributed by atoms with Crippen molar-refractivity contribution in [1.82, 2.24) is 0 Å². The van der Waals surface area contributed by atoms with Gasteiger partial charge in [0.05, 0.1) is 0 Å². The van der Waals surface area contributed by atoms with Crippen LogP contribution in [-0.2, 0) is 12.8 Å². The Balaban J connectivity index is 1.54. The summed E-state index contributed by atoms with van der Waals surface area (Å²) in [6.07, 6.45) is 10.7. The minimum Gasteiger partial charge on any atom is -0.0654 e. The summed E-state index contributed by atoms with van der Waals surface area (Å²) in [4.78, 5) is 0. The molecule has 1 fully saturated rings. The first-order valence-corrected chi connectivity index (χ1v) is 11.7. The molecule has 0 amide bonds. The highest BCUT2D eigenvalue weighted by Gasteiger charge is 2.21. The van der Waals surface area contributed by atoms with Crippen molar-refractivity contribution in [3.63, 3.8) is 0 Å². The number of hydrogen-bond donors (Lipinski definition) is 0. The topological polar surface area (TPSA) is 0 Å². The largest absolute Gasteiger partial charge is 0.0654 e. The second-order valence-electron chi connectivity index (χ2n) is 9.69. The zero-order chi connectivity index (χ0) is 19.9. The van der Waals surface area contributed by atoms with Crippen LogP contribution in [-0.4, -0.2) is 0 Å². The van der Waals surface area contributed by atoms with Crippen LogP contribution in [0.5, 0.6) is 0 Å². The number of rotatable bonds is 8. The molecular weight excluding hydrogens is 336 g/mol. The van der Waals surface area contributed by atoms with E-state index in [-0.39, 0.29) is 0 Å². The van der Waals surface area contributed by atoms with E-state index in [9.17, 15) is 0 Å². The number of hydrogen-bond acceptors (Lipinski definition) is 0. The smallest absolute Gasteiger partial charge is 0.0150 e. The van der Waals surface area contributed by atoms with Gasteiger partial charge in [-0.2, -0.15) is 0 Å². The maximum absolute atomic E-state index is 2.42. The highest BCUT2D eigenvalue weighted by Crippen LogP contribution is 2.37. The van der Waals surface area contributed by atoms with E-state index in [4.69, 9.17) is 0 Å². The standard InChI is InChI=1S/C28H40/c1-5-6-23-7-15-27(16-8-23)28-17-11-25(12-18-28)20-22(4)26-13-9-24(10-14-26)19-21(2)3/h9-14,17-18,21-23,27H,5-8,15-16,19-20H2,1-4H3/t22-,23?,27?/m1/s1. The van der Waals surface area contributed by atoms with Crippen molar-refractivity contribution in [3.8, 4) is 0 Å². The van der Waals surface area contributed by atoms with Crippen LogP contribution in [0.15, 0.2) is 48.5 Å². The van der Waals surface area contributed by atoms with E-state index in [0.717, 1.165) is 24.2 Å². The molecule has 2 aromatic carbocycles. The third-order valence-electron chi connectivity index (χ3n) is 6.73. The highest BCUT2D eigenvalue weighted by molar-refractivity contribution is 5.30. The van der Waals surface area contributed by atoms with Gasteiger partial charge < -0.3 is 0 Å². The van der Waals surface area contributed by atoms with Crippen LogP contribution < -0.4 is 0 Å². The molecule has 0 radical (unpaired) electrons. The lowest BCUT2D eigenvalue weighted by molar-refractivity contribution is 0.308. The fourth-order valence-corrected chi connectivity index (χ4v) is 5.04. The monoisotopic (exact) mass is 376 g/mol. The van der Waals surface area contributed by atoms with Crippen LogP contribution in [0, 0.1) is 11.8 Å². The molecule has 28 heavy (non-hydrogen) atoms. The van der Waals surface area contributed by atoms with Gasteiger partial charge in [-0.3, -0.25) is 0 Å². The molecule has 1 aliphatic carbocycles. The quantitative estimate of drug-likeness (QED) is 0.434. The Hall–Kier alpha value is -1.56. The zero-order valence-electron chi connectivity index (χ0n) is 18.6. The van der Waals surface area contributed by atoms with Crippen molar-refractivity contribution in [2.24, 2.45) is 11.8 Å². The van der Waals surface area contributed by atoms with Crippen LogP contribution in [0.4, 0.5) is 0 Å².